The van der Waals surface area contributed by atoms with Gasteiger partial charge in [-0.05, 0) is 25.3 Å². The van der Waals surface area contributed by atoms with Crippen LogP contribution in [0.1, 0.15) is 12.8 Å². The molecule has 3 heterocycles. The molecule has 0 aromatic heterocycles. The fourth-order valence-corrected chi connectivity index (χ4v) is 4.43. The molecule has 15 heavy (non-hydrogen) atoms. The first-order valence-electron chi connectivity index (χ1n) is 6.06. The van der Waals surface area contributed by atoms with E-state index in [0.29, 0.717) is 11.5 Å². The molecule has 0 radical (unpaired) electrons. The second-order valence-electron chi connectivity index (χ2n) is 5.53. The summed E-state index contributed by atoms with van der Waals surface area (Å²) in [4.78, 5) is 0. The van der Waals surface area contributed by atoms with Crippen molar-refractivity contribution in [2.75, 3.05) is 19.8 Å². The summed E-state index contributed by atoms with van der Waals surface area (Å²) in [6, 6.07) is 0.645. The molecule has 3 aliphatic heterocycles. The van der Waals surface area contributed by atoms with E-state index in [1.807, 2.05) is 0 Å². The van der Waals surface area contributed by atoms with Gasteiger partial charge in [-0.25, -0.2) is 0 Å². The summed E-state index contributed by atoms with van der Waals surface area (Å²) >= 11 is 0. The van der Waals surface area contributed by atoms with Gasteiger partial charge in [0.2, 0.25) is 0 Å². The Hall–Kier alpha value is -0.600. The third-order valence-electron chi connectivity index (χ3n) is 5.21. The van der Waals surface area contributed by atoms with Gasteiger partial charge in [-0.2, -0.15) is 0 Å². The Bertz CT molecular complexity index is 320. The van der Waals surface area contributed by atoms with Crippen molar-refractivity contribution in [2.24, 2.45) is 16.7 Å². The maximum atomic E-state index is 5.86. The van der Waals surface area contributed by atoms with Gasteiger partial charge in [0.25, 0.3) is 0 Å². The lowest BCUT2D eigenvalue weighted by Gasteiger charge is -2.59. The number of rotatable bonds is 0. The van der Waals surface area contributed by atoms with Gasteiger partial charge in [0.05, 0.1) is 13.2 Å². The lowest BCUT2D eigenvalue weighted by molar-refractivity contribution is -0.0203. The summed E-state index contributed by atoms with van der Waals surface area (Å²) in [7, 11) is 0. The molecule has 0 aromatic rings. The van der Waals surface area contributed by atoms with Crippen molar-refractivity contribution in [2.45, 2.75) is 18.9 Å². The van der Waals surface area contributed by atoms with E-state index in [0.717, 1.165) is 19.1 Å². The van der Waals surface area contributed by atoms with E-state index in [4.69, 9.17) is 4.74 Å². The summed E-state index contributed by atoms with van der Waals surface area (Å²) in [5.74, 6) is 0.784. The Morgan fingerprint density at radius 3 is 2.60 bits per heavy atom. The highest BCUT2D eigenvalue weighted by molar-refractivity contribution is 5.34. The second-order valence-corrected chi connectivity index (χ2v) is 5.53. The predicted molar refractivity (Wildman–Crippen MR) is 58.5 cm³/mol. The van der Waals surface area contributed by atoms with E-state index in [9.17, 15) is 0 Å². The number of allylic oxidation sites excluding steroid dienone is 2. The first-order valence-corrected chi connectivity index (χ1v) is 6.06. The Labute approximate surface area is 90.4 Å². The zero-order valence-corrected chi connectivity index (χ0v) is 8.91. The Kier molecular flexibility index (Phi) is 1.45. The number of piperidine rings is 2. The van der Waals surface area contributed by atoms with E-state index >= 15 is 0 Å². The molecule has 2 bridgehead atoms. The fraction of sp³-hybridized carbons (Fsp3) is 0.692. The molecular formula is C13H17NO. The van der Waals surface area contributed by atoms with Gasteiger partial charge >= 0.3 is 0 Å². The molecule has 3 saturated heterocycles. The lowest BCUT2D eigenvalue weighted by Crippen LogP contribution is -2.66. The van der Waals surface area contributed by atoms with Gasteiger partial charge in [0.15, 0.2) is 0 Å². The molecule has 1 N–H and O–H groups in total. The molecule has 4 atom stereocenters. The molecule has 0 aromatic carbocycles. The number of ether oxygens (including phenoxy) is 1. The van der Waals surface area contributed by atoms with Gasteiger partial charge in [-0.1, -0.05) is 24.3 Å². The molecule has 2 unspecified atom stereocenters. The minimum atomic E-state index is 0.281. The maximum absolute atomic E-state index is 5.86. The third-order valence-corrected chi connectivity index (χ3v) is 5.21. The highest BCUT2D eigenvalue weighted by Gasteiger charge is 2.65. The van der Waals surface area contributed by atoms with E-state index in [-0.39, 0.29) is 5.41 Å². The van der Waals surface area contributed by atoms with Crippen molar-refractivity contribution in [1.29, 1.82) is 0 Å². The van der Waals surface area contributed by atoms with Gasteiger partial charge < -0.3 is 10.1 Å². The number of hydrogen-bond acceptors (Lipinski definition) is 2. The molecule has 80 valence electrons. The largest absolute Gasteiger partial charge is 0.379 e. The normalized spacial score (nSPS) is 55.5. The third kappa shape index (κ3) is 0.775. The van der Waals surface area contributed by atoms with Crippen molar-refractivity contribution in [3.05, 3.63) is 24.3 Å². The van der Waals surface area contributed by atoms with Crippen LogP contribution >= 0.6 is 0 Å². The van der Waals surface area contributed by atoms with Crippen LogP contribution in [0.5, 0.6) is 0 Å². The Morgan fingerprint density at radius 1 is 1.07 bits per heavy atom. The van der Waals surface area contributed by atoms with Crippen LogP contribution in [-0.2, 0) is 4.74 Å². The fourth-order valence-electron chi connectivity index (χ4n) is 4.43. The molecule has 5 rings (SSSR count). The smallest absolute Gasteiger partial charge is 0.0582 e. The summed E-state index contributed by atoms with van der Waals surface area (Å²) in [6.45, 7) is 3.05. The molecule has 2 heteroatoms. The van der Waals surface area contributed by atoms with Crippen LogP contribution in [-0.4, -0.2) is 25.8 Å². The van der Waals surface area contributed by atoms with E-state index in [2.05, 4.69) is 29.6 Å². The summed E-state index contributed by atoms with van der Waals surface area (Å²) in [5, 5.41) is 3.71. The van der Waals surface area contributed by atoms with Crippen LogP contribution in [0.2, 0.25) is 0 Å². The highest BCUT2D eigenvalue weighted by Crippen LogP contribution is 2.62. The Balaban J connectivity index is 1.94. The van der Waals surface area contributed by atoms with Crippen LogP contribution in [0.3, 0.4) is 0 Å². The number of hydrogen-bond donors (Lipinski definition) is 1. The van der Waals surface area contributed by atoms with Gasteiger partial charge in [-0.3, -0.25) is 0 Å². The topological polar surface area (TPSA) is 21.3 Å². The van der Waals surface area contributed by atoms with Gasteiger partial charge in [0, 0.05) is 16.9 Å². The summed E-state index contributed by atoms with van der Waals surface area (Å²) in [6.07, 6.45) is 12.0. The molecule has 0 amide bonds. The minimum Gasteiger partial charge on any atom is -0.379 e. The average Bonchev–Trinajstić information content (AvgIpc) is 2.73. The van der Waals surface area contributed by atoms with E-state index in [1.165, 1.54) is 19.4 Å². The molecule has 4 fully saturated rings. The maximum Gasteiger partial charge on any atom is 0.0582 e. The highest BCUT2D eigenvalue weighted by atomic mass is 16.5. The average molecular weight is 203 g/mol. The van der Waals surface area contributed by atoms with Crippen LogP contribution in [0, 0.1) is 16.7 Å². The van der Waals surface area contributed by atoms with Gasteiger partial charge in [0.1, 0.15) is 0 Å². The van der Waals surface area contributed by atoms with Crippen molar-refractivity contribution in [3.8, 4) is 0 Å². The Morgan fingerprint density at radius 2 is 1.87 bits per heavy atom. The predicted octanol–water partition coefficient (Wildman–Crippen LogP) is 1.50. The zero-order chi connectivity index (χ0) is 9.93. The first kappa shape index (κ1) is 8.54. The van der Waals surface area contributed by atoms with Crippen LogP contribution < -0.4 is 5.32 Å². The molecule has 2 aliphatic carbocycles. The second kappa shape index (κ2) is 2.55. The molecule has 2 nitrogen and oxygen atoms in total. The first-order chi connectivity index (χ1) is 7.37. The van der Waals surface area contributed by atoms with Crippen molar-refractivity contribution in [3.63, 3.8) is 0 Å². The number of fused-ring (bicyclic) bond motifs is 2. The van der Waals surface area contributed by atoms with E-state index < -0.39 is 0 Å². The van der Waals surface area contributed by atoms with Gasteiger partial charge in [-0.15, -0.1) is 0 Å². The van der Waals surface area contributed by atoms with Crippen molar-refractivity contribution >= 4 is 0 Å². The van der Waals surface area contributed by atoms with Crippen LogP contribution in [0.25, 0.3) is 0 Å². The van der Waals surface area contributed by atoms with Crippen LogP contribution in [0.15, 0.2) is 24.3 Å². The molecular weight excluding hydrogens is 186 g/mol. The minimum absolute atomic E-state index is 0.281. The summed E-state index contributed by atoms with van der Waals surface area (Å²) in [5.41, 5.74) is 0.610. The summed E-state index contributed by atoms with van der Waals surface area (Å²) < 4.78 is 5.86. The zero-order valence-electron chi connectivity index (χ0n) is 8.91. The molecule has 5 aliphatic rings. The molecule has 0 spiro atoms. The molecule has 1 saturated carbocycles. The SMILES string of the molecule is C1=CC23COC[C@]2(C=C1)[C@@H]1CCC3CN1. The standard InChI is InChI=1S/C13H17NO/c1-2-6-13-9-15-8-12(13,5-1)10-3-4-11(13)14-7-10/h1-2,5-6,10-11,14H,3-4,7-9H2/t10?,11-,12?,13+/m0/s1. The van der Waals surface area contributed by atoms with Crippen molar-refractivity contribution < 1.29 is 4.74 Å². The van der Waals surface area contributed by atoms with E-state index in [1.54, 1.807) is 0 Å². The quantitative estimate of drug-likeness (QED) is 0.644. The number of nitrogens with one attached hydrogen (secondary N) is 1. The van der Waals surface area contributed by atoms with Crippen molar-refractivity contribution in [1.82, 2.24) is 5.32 Å². The lowest BCUT2D eigenvalue weighted by atomic mass is 9.48. The van der Waals surface area contributed by atoms with Crippen LogP contribution in [0.4, 0.5) is 0 Å². The monoisotopic (exact) mass is 203 g/mol.